The van der Waals surface area contributed by atoms with E-state index in [1.165, 1.54) is 19.2 Å². The van der Waals surface area contributed by atoms with Gasteiger partial charge in [-0.15, -0.1) is 0 Å². The Hall–Kier alpha value is -3.23. The molecular formula is C23H23ClN2O5S. The largest absolute Gasteiger partial charge is 0.495 e. The van der Waals surface area contributed by atoms with Crippen LogP contribution < -0.4 is 19.5 Å². The van der Waals surface area contributed by atoms with Gasteiger partial charge in [-0.2, -0.15) is 0 Å². The van der Waals surface area contributed by atoms with Crippen LogP contribution in [-0.2, 0) is 14.8 Å². The van der Waals surface area contributed by atoms with Crippen LogP contribution in [-0.4, -0.2) is 28.0 Å². The summed E-state index contributed by atoms with van der Waals surface area (Å²) in [5, 5.41) is 3.13. The highest BCUT2D eigenvalue weighted by atomic mass is 35.5. The van der Waals surface area contributed by atoms with Gasteiger partial charge in [0, 0.05) is 16.4 Å². The average Bonchev–Trinajstić information content (AvgIpc) is 2.73. The smallest absolute Gasteiger partial charge is 0.265 e. The number of hydrogen-bond donors (Lipinski definition) is 2. The molecule has 0 aliphatic heterocycles. The fraction of sp³-hybridized carbons (Fsp3) is 0.174. The number of sulfonamides is 1. The van der Waals surface area contributed by atoms with E-state index in [0.29, 0.717) is 16.5 Å². The Labute approximate surface area is 192 Å². The first-order chi connectivity index (χ1) is 15.2. The third kappa shape index (κ3) is 6.15. The Morgan fingerprint density at radius 1 is 0.938 bits per heavy atom. The molecule has 3 aromatic carbocycles. The second-order valence-electron chi connectivity index (χ2n) is 7.14. The molecule has 7 nitrogen and oxygen atoms in total. The van der Waals surface area contributed by atoms with E-state index in [0.717, 1.165) is 11.1 Å². The molecule has 9 heteroatoms. The summed E-state index contributed by atoms with van der Waals surface area (Å²) < 4.78 is 39.1. The minimum atomic E-state index is -3.99. The molecule has 0 unspecified atom stereocenters. The van der Waals surface area contributed by atoms with Crippen LogP contribution in [0.2, 0.25) is 5.02 Å². The molecule has 1 amide bonds. The lowest BCUT2D eigenvalue weighted by Gasteiger charge is -2.14. The first kappa shape index (κ1) is 23.4. The van der Waals surface area contributed by atoms with E-state index in [-0.39, 0.29) is 22.9 Å². The Kier molecular flexibility index (Phi) is 7.27. The van der Waals surface area contributed by atoms with Crippen LogP contribution in [0.25, 0.3) is 0 Å². The van der Waals surface area contributed by atoms with Crippen molar-refractivity contribution in [2.75, 3.05) is 23.8 Å². The van der Waals surface area contributed by atoms with Crippen molar-refractivity contribution in [1.29, 1.82) is 0 Å². The maximum Gasteiger partial charge on any atom is 0.265 e. The van der Waals surface area contributed by atoms with Crippen LogP contribution in [0.3, 0.4) is 0 Å². The molecule has 3 rings (SSSR count). The van der Waals surface area contributed by atoms with Crippen molar-refractivity contribution < 1.29 is 22.7 Å². The Bertz CT molecular complexity index is 1210. The standard InChI is InChI=1S/C23H23ClN2O5S/c1-15-10-16(2)12-20(11-15)31-14-23(27)25-19-8-9-21(30-3)22(13-19)32(28,29)26-18-6-4-17(24)5-7-18/h4-13,26H,14H2,1-3H3,(H,25,27). The van der Waals surface area contributed by atoms with E-state index in [1.807, 2.05) is 32.0 Å². The van der Waals surface area contributed by atoms with Crippen molar-refractivity contribution in [1.82, 2.24) is 0 Å². The number of rotatable bonds is 8. The number of nitrogens with one attached hydrogen (secondary N) is 2. The number of anilines is 2. The van der Waals surface area contributed by atoms with Gasteiger partial charge in [-0.1, -0.05) is 17.7 Å². The van der Waals surface area contributed by atoms with Crippen LogP contribution in [0.1, 0.15) is 11.1 Å². The zero-order valence-corrected chi connectivity index (χ0v) is 19.4. The molecule has 2 N–H and O–H groups in total. The van der Waals surface area contributed by atoms with E-state index in [9.17, 15) is 13.2 Å². The lowest BCUT2D eigenvalue weighted by atomic mass is 10.1. The van der Waals surface area contributed by atoms with Crippen molar-refractivity contribution in [3.63, 3.8) is 0 Å². The van der Waals surface area contributed by atoms with Crippen LogP contribution >= 0.6 is 11.6 Å². The Balaban J connectivity index is 1.74. The molecular weight excluding hydrogens is 452 g/mol. The van der Waals surface area contributed by atoms with Gasteiger partial charge in [0.25, 0.3) is 15.9 Å². The normalized spacial score (nSPS) is 11.0. The van der Waals surface area contributed by atoms with Crippen molar-refractivity contribution in [2.45, 2.75) is 18.7 Å². The number of aryl methyl sites for hydroxylation is 2. The number of carbonyl (C=O) groups excluding carboxylic acids is 1. The monoisotopic (exact) mass is 474 g/mol. The van der Waals surface area contributed by atoms with Gasteiger partial charge in [0.15, 0.2) is 6.61 Å². The van der Waals surface area contributed by atoms with Crippen molar-refractivity contribution >= 4 is 38.9 Å². The SMILES string of the molecule is COc1ccc(NC(=O)COc2cc(C)cc(C)c2)cc1S(=O)(=O)Nc1ccc(Cl)cc1. The summed E-state index contributed by atoms with van der Waals surface area (Å²) in [5.41, 5.74) is 2.68. The summed E-state index contributed by atoms with van der Waals surface area (Å²) in [5.74, 6) is 0.294. The fourth-order valence-corrected chi connectivity index (χ4v) is 4.44. The van der Waals surface area contributed by atoms with Gasteiger partial charge < -0.3 is 14.8 Å². The number of benzene rings is 3. The molecule has 0 fully saturated rings. The minimum absolute atomic E-state index is 0.122. The molecule has 0 saturated carbocycles. The second kappa shape index (κ2) is 9.93. The summed E-state index contributed by atoms with van der Waals surface area (Å²) >= 11 is 5.85. The maximum atomic E-state index is 12.9. The first-order valence-corrected chi connectivity index (χ1v) is 11.5. The van der Waals surface area contributed by atoms with E-state index in [1.54, 1.807) is 30.3 Å². The van der Waals surface area contributed by atoms with E-state index in [4.69, 9.17) is 21.1 Å². The Morgan fingerprint density at radius 3 is 2.19 bits per heavy atom. The predicted octanol–water partition coefficient (Wildman–Crippen LogP) is 4.78. The molecule has 0 aliphatic rings. The molecule has 0 heterocycles. The summed E-state index contributed by atoms with van der Waals surface area (Å²) in [4.78, 5) is 12.2. The highest BCUT2D eigenvalue weighted by Crippen LogP contribution is 2.29. The van der Waals surface area contributed by atoms with Gasteiger partial charge >= 0.3 is 0 Å². The molecule has 0 atom stereocenters. The highest BCUT2D eigenvalue weighted by Gasteiger charge is 2.21. The topological polar surface area (TPSA) is 93.7 Å². The van der Waals surface area contributed by atoms with Gasteiger partial charge in [0.1, 0.15) is 16.4 Å². The number of methoxy groups -OCH3 is 1. The third-order valence-electron chi connectivity index (χ3n) is 4.40. The number of carbonyl (C=O) groups is 1. The van der Waals surface area contributed by atoms with Gasteiger partial charge in [-0.05, 0) is 79.6 Å². The van der Waals surface area contributed by atoms with Gasteiger partial charge in [-0.3, -0.25) is 9.52 Å². The summed E-state index contributed by atoms with van der Waals surface area (Å²) in [7, 11) is -2.63. The summed E-state index contributed by atoms with van der Waals surface area (Å²) in [6.45, 7) is 3.66. The zero-order valence-electron chi connectivity index (χ0n) is 17.8. The molecule has 32 heavy (non-hydrogen) atoms. The van der Waals surface area contributed by atoms with Crippen LogP contribution in [0.4, 0.5) is 11.4 Å². The van der Waals surface area contributed by atoms with E-state index < -0.39 is 15.9 Å². The molecule has 0 radical (unpaired) electrons. The zero-order chi connectivity index (χ0) is 23.3. The summed E-state index contributed by atoms with van der Waals surface area (Å²) in [6.07, 6.45) is 0. The van der Waals surface area contributed by atoms with Gasteiger partial charge in [0.05, 0.1) is 7.11 Å². The number of hydrogen-bond acceptors (Lipinski definition) is 5. The average molecular weight is 475 g/mol. The number of ether oxygens (including phenoxy) is 2. The van der Waals surface area contributed by atoms with E-state index in [2.05, 4.69) is 10.0 Å². The molecule has 0 saturated heterocycles. The number of halogens is 1. The number of amides is 1. The van der Waals surface area contributed by atoms with Crippen molar-refractivity contribution in [3.8, 4) is 11.5 Å². The second-order valence-corrected chi connectivity index (χ2v) is 9.23. The summed E-state index contributed by atoms with van der Waals surface area (Å²) in [6, 6.07) is 16.3. The van der Waals surface area contributed by atoms with Gasteiger partial charge in [0.2, 0.25) is 0 Å². The van der Waals surface area contributed by atoms with E-state index >= 15 is 0 Å². The minimum Gasteiger partial charge on any atom is -0.495 e. The molecule has 0 bridgehead atoms. The first-order valence-electron chi connectivity index (χ1n) is 9.63. The van der Waals surface area contributed by atoms with Crippen LogP contribution in [0.5, 0.6) is 11.5 Å². The molecule has 0 aliphatic carbocycles. The molecule has 0 spiro atoms. The van der Waals surface area contributed by atoms with Crippen molar-refractivity contribution in [2.24, 2.45) is 0 Å². The van der Waals surface area contributed by atoms with Crippen LogP contribution in [0.15, 0.2) is 65.6 Å². The van der Waals surface area contributed by atoms with Gasteiger partial charge in [-0.25, -0.2) is 8.42 Å². The van der Waals surface area contributed by atoms with Crippen molar-refractivity contribution in [3.05, 3.63) is 76.8 Å². The fourth-order valence-electron chi connectivity index (χ4n) is 3.05. The third-order valence-corrected chi connectivity index (χ3v) is 6.05. The lowest BCUT2D eigenvalue weighted by Crippen LogP contribution is -2.21. The van der Waals surface area contributed by atoms with Crippen LogP contribution in [0, 0.1) is 13.8 Å². The molecule has 168 valence electrons. The Morgan fingerprint density at radius 2 is 1.56 bits per heavy atom. The highest BCUT2D eigenvalue weighted by molar-refractivity contribution is 7.92. The molecule has 0 aromatic heterocycles. The lowest BCUT2D eigenvalue weighted by molar-refractivity contribution is -0.118. The maximum absolute atomic E-state index is 12.9. The quantitative estimate of drug-likeness (QED) is 0.490. The molecule has 3 aromatic rings. The predicted molar refractivity (Wildman–Crippen MR) is 125 cm³/mol.